The van der Waals surface area contributed by atoms with Crippen LogP contribution in [0.3, 0.4) is 0 Å². The molecule has 2 aromatic rings. The fourth-order valence-electron chi connectivity index (χ4n) is 1.42. The minimum atomic E-state index is 0.767. The Bertz CT molecular complexity index is 451. The Morgan fingerprint density at radius 1 is 1.13 bits per heavy atom. The van der Waals surface area contributed by atoms with Gasteiger partial charge in [-0.05, 0) is 12.1 Å². The maximum absolute atomic E-state index is 5.91. The van der Waals surface area contributed by atoms with Crippen LogP contribution in [0.5, 0.6) is 0 Å². The predicted molar refractivity (Wildman–Crippen MR) is 61.6 cm³/mol. The highest BCUT2D eigenvalue weighted by molar-refractivity contribution is 6.30. The van der Waals surface area contributed by atoms with Crippen molar-refractivity contribution >= 4 is 17.3 Å². The summed E-state index contributed by atoms with van der Waals surface area (Å²) in [4.78, 5) is 0. The van der Waals surface area contributed by atoms with Gasteiger partial charge in [0.05, 0.1) is 0 Å². The molecule has 0 atom stereocenters. The van der Waals surface area contributed by atoms with Crippen molar-refractivity contribution in [1.29, 1.82) is 0 Å². The second kappa shape index (κ2) is 4.32. The topological polar surface area (TPSA) is 29.9 Å². The van der Waals surface area contributed by atoms with Gasteiger partial charge >= 0.3 is 0 Å². The van der Waals surface area contributed by atoms with Crippen LogP contribution in [0, 0.1) is 0 Å². The van der Waals surface area contributed by atoms with E-state index in [-0.39, 0.29) is 0 Å². The van der Waals surface area contributed by atoms with Crippen molar-refractivity contribution < 1.29 is 4.57 Å². The number of hydrogen-bond donors (Lipinski definition) is 1. The quantitative estimate of drug-likeness (QED) is 0.772. The molecule has 0 spiro atoms. The van der Waals surface area contributed by atoms with Crippen molar-refractivity contribution in [3.63, 3.8) is 0 Å². The van der Waals surface area contributed by atoms with Gasteiger partial charge in [-0.15, -0.1) is 0 Å². The van der Waals surface area contributed by atoms with E-state index in [4.69, 9.17) is 17.3 Å². The zero-order chi connectivity index (χ0) is 10.7. The van der Waals surface area contributed by atoms with E-state index in [0.717, 1.165) is 17.3 Å². The average Bonchev–Trinajstić information content (AvgIpc) is 2.22. The van der Waals surface area contributed by atoms with Crippen LogP contribution in [0.1, 0.15) is 5.56 Å². The van der Waals surface area contributed by atoms with Gasteiger partial charge in [0, 0.05) is 28.4 Å². The van der Waals surface area contributed by atoms with E-state index in [1.165, 1.54) is 5.56 Å². The molecule has 0 radical (unpaired) electrons. The molecule has 2 nitrogen and oxygen atoms in total. The summed E-state index contributed by atoms with van der Waals surface area (Å²) in [7, 11) is 0. The fourth-order valence-corrected chi connectivity index (χ4v) is 1.63. The van der Waals surface area contributed by atoms with E-state index >= 15 is 0 Å². The molecule has 0 fully saturated rings. The van der Waals surface area contributed by atoms with Gasteiger partial charge in [0.15, 0.2) is 18.9 Å². The highest BCUT2D eigenvalue weighted by Crippen LogP contribution is 2.10. The summed E-state index contributed by atoms with van der Waals surface area (Å²) in [6.45, 7) is 0.806. The molecule has 1 aromatic heterocycles. The van der Waals surface area contributed by atoms with Gasteiger partial charge in [0.25, 0.3) is 0 Å². The minimum Gasteiger partial charge on any atom is -0.398 e. The number of nitrogen functional groups attached to an aromatic ring is 1. The smallest absolute Gasteiger partial charge is 0.173 e. The van der Waals surface area contributed by atoms with Crippen LogP contribution in [0.25, 0.3) is 0 Å². The van der Waals surface area contributed by atoms with Crippen LogP contribution in [0.4, 0.5) is 5.69 Å². The summed E-state index contributed by atoms with van der Waals surface area (Å²) in [6, 6.07) is 11.6. The standard InChI is InChI=1S/C12H11ClN2/c13-11-3-1-2-10(8-11)9-15-6-4-12(14)5-7-15/h1-8,14H,9H2/p+1. The molecule has 2 rings (SSSR count). The molecule has 15 heavy (non-hydrogen) atoms. The molecule has 0 unspecified atom stereocenters. The van der Waals surface area contributed by atoms with Crippen LogP contribution >= 0.6 is 11.6 Å². The Balaban J connectivity index is 2.18. The Morgan fingerprint density at radius 2 is 1.87 bits per heavy atom. The maximum Gasteiger partial charge on any atom is 0.173 e. The van der Waals surface area contributed by atoms with Crippen molar-refractivity contribution in [3.8, 4) is 0 Å². The van der Waals surface area contributed by atoms with Crippen LogP contribution in [0.2, 0.25) is 5.02 Å². The third-order valence-electron chi connectivity index (χ3n) is 2.17. The normalized spacial score (nSPS) is 10.2. The SMILES string of the molecule is Nc1cc[n+](Cc2cccc(Cl)c2)cc1. The van der Waals surface area contributed by atoms with Gasteiger partial charge in [-0.25, -0.2) is 4.57 Å². The third-order valence-corrected chi connectivity index (χ3v) is 2.41. The Hall–Kier alpha value is -1.54. The molecule has 0 amide bonds. The van der Waals surface area contributed by atoms with E-state index in [0.29, 0.717) is 0 Å². The Labute approximate surface area is 93.9 Å². The molecule has 3 heteroatoms. The number of nitrogens with zero attached hydrogens (tertiary/aromatic N) is 1. The first-order chi connectivity index (χ1) is 7.24. The van der Waals surface area contributed by atoms with Gasteiger partial charge in [0.2, 0.25) is 0 Å². The highest BCUT2D eigenvalue weighted by Gasteiger charge is 2.02. The van der Waals surface area contributed by atoms with Gasteiger partial charge < -0.3 is 5.73 Å². The molecule has 0 aliphatic carbocycles. The number of anilines is 1. The van der Waals surface area contributed by atoms with Crippen LogP contribution in [0.15, 0.2) is 48.8 Å². The summed E-state index contributed by atoms with van der Waals surface area (Å²) in [5.41, 5.74) is 7.56. The monoisotopic (exact) mass is 219 g/mol. The van der Waals surface area contributed by atoms with Crippen molar-refractivity contribution in [2.24, 2.45) is 0 Å². The molecule has 76 valence electrons. The summed E-state index contributed by atoms with van der Waals surface area (Å²) in [5, 5.41) is 0.767. The highest BCUT2D eigenvalue weighted by atomic mass is 35.5. The summed E-state index contributed by atoms with van der Waals surface area (Å²) in [6.07, 6.45) is 3.91. The number of aromatic nitrogens is 1. The number of benzene rings is 1. The van der Waals surface area contributed by atoms with Crippen LogP contribution < -0.4 is 10.3 Å². The molecule has 1 heterocycles. The van der Waals surface area contributed by atoms with E-state index in [9.17, 15) is 0 Å². The number of hydrogen-bond acceptors (Lipinski definition) is 1. The zero-order valence-electron chi connectivity index (χ0n) is 8.23. The predicted octanol–water partition coefficient (Wildman–Crippen LogP) is 2.26. The Morgan fingerprint density at radius 3 is 2.53 bits per heavy atom. The van der Waals surface area contributed by atoms with E-state index in [1.807, 2.05) is 42.7 Å². The van der Waals surface area contributed by atoms with Crippen molar-refractivity contribution in [3.05, 3.63) is 59.4 Å². The molecule has 0 aliphatic rings. The zero-order valence-corrected chi connectivity index (χ0v) is 8.98. The number of halogens is 1. The molecule has 1 aromatic carbocycles. The molecule has 0 saturated carbocycles. The third kappa shape index (κ3) is 2.70. The number of nitrogens with two attached hydrogens (primary N) is 1. The van der Waals surface area contributed by atoms with Crippen molar-refractivity contribution in [2.75, 3.05) is 5.73 Å². The largest absolute Gasteiger partial charge is 0.398 e. The van der Waals surface area contributed by atoms with Gasteiger partial charge in [-0.3, -0.25) is 0 Å². The van der Waals surface area contributed by atoms with Crippen molar-refractivity contribution in [1.82, 2.24) is 0 Å². The molecular formula is C12H12ClN2+. The second-order valence-corrected chi connectivity index (χ2v) is 3.87. The average molecular weight is 220 g/mol. The van der Waals surface area contributed by atoms with Crippen LogP contribution in [-0.2, 0) is 6.54 Å². The first-order valence-electron chi connectivity index (χ1n) is 4.73. The van der Waals surface area contributed by atoms with Gasteiger partial charge in [0.1, 0.15) is 0 Å². The lowest BCUT2D eigenvalue weighted by Crippen LogP contribution is -2.33. The maximum atomic E-state index is 5.91. The fraction of sp³-hybridized carbons (Fsp3) is 0.0833. The summed E-state index contributed by atoms with van der Waals surface area (Å²) >= 11 is 5.91. The number of pyridine rings is 1. The van der Waals surface area contributed by atoms with Crippen LogP contribution in [-0.4, -0.2) is 0 Å². The van der Waals surface area contributed by atoms with E-state index in [1.54, 1.807) is 0 Å². The molecule has 0 aliphatic heterocycles. The first kappa shape index (κ1) is 9.99. The van der Waals surface area contributed by atoms with Gasteiger partial charge in [-0.2, -0.15) is 0 Å². The summed E-state index contributed by atoms with van der Waals surface area (Å²) in [5.74, 6) is 0. The molecule has 0 saturated heterocycles. The van der Waals surface area contributed by atoms with Crippen molar-refractivity contribution in [2.45, 2.75) is 6.54 Å². The van der Waals surface area contributed by atoms with E-state index in [2.05, 4.69) is 10.6 Å². The first-order valence-corrected chi connectivity index (χ1v) is 5.11. The van der Waals surface area contributed by atoms with Gasteiger partial charge in [-0.1, -0.05) is 23.7 Å². The minimum absolute atomic E-state index is 0.767. The Kier molecular flexibility index (Phi) is 2.88. The van der Waals surface area contributed by atoms with E-state index < -0.39 is 0 Å². The summed E-state index contributed by atoms with van der Waals surface area (Å²) < 4.78 is 2.06. The lowest BCUT2D eigenvalue weighted by molar-refractivity contribution is -0.688. The molecule has 2 N–H and O–H groups in total. The molecule has 0 bridgehead atoms. The molecular weight excluding hydrogens is 208 g/mol. The number of rotatable bonds is 2. The lowest BCUT2D eigenvalue weighted by atomic mass is 10.2. The second-order valence-electron chi connectivity index (χ2n) is 3.43. The lowest BCUT2D eigenvalue weighted by Gasteiger charge is -1.98.